The highest BCUT2D eigenvalue weighted by molar-refractivity contribution is 5.10. The van der Waals surface area contributed by atoms with Crippen molar-refractivity contribution >= 4 is 0 Å². The van der Waals surface area contributed by atoms with E-state index in [1.807, 2.05) is 12.1 Å². The lowest BCUT2D eigenvalue weighted by atomic mass is 9.89. The van der Waals surface area contributed by atoms with Crippen LogP contribution in [0.5, 0.6) is 5.88 Å². The number of hydrogen-bond acceptors (Lipinski definition) is 4. The summed E-state index contributed by atoms with van der Waals surface area (Å²) in [6.45, 7) is 1.90. The van der Waals surface area contributed by atoms with Crippen LogP contribution >= 0.6 is 0 Å². The molecule has 1 aromatic heterocycles. The van der Waals surface area contributed by atoms with Gasteiger partial charge in [-0.1, -0.05) is 19.3 Å². The van der Waals surface area contributed by atoms with Crippen LogP contribution in [0.25, 0.3) is 0 Å². The van der Waals surface area contributed by atoms with Crippen molar-refractivity contribution in [3.8, 4) is 5.88 Å². The second-order valence-corrected chi connectivity index (χ2v) is 4.70. The molecule has 0 radical (unpaired) electrons. The van der Waals surface area contributed by atoms with Crippen molar-refractivity contribution < 1.29 is 4.74 Å². The summed E-state index contributed by atoms with van der Waals surface area (Å²) in [5.41, 5.74) is 0.974. The lowest BCUT2D eigenvalue weighted by molar-refractivity contribution is 0.341. The summed E-state index contributed by atoms with van der Waals surface area (Å²) in [6, 6.07) is 3.81. The molecule has 4 heteroatoms. The molecule has 94 valence electrons. The largest absolute Gasteiger partial charge is 0.480 e. The van der Waals surface area contributed by atoms with Crippen LogP contribution in [0.15, 0.2) is 12.1 Å². The number of ether oxygens (including phenoxy) is 1. The highest BCUT2D eigenvalue weighted by atomic mass is 16.5. The van der Waals surface area contributed by atoms with E-state index in [4.69, 9.17) is 4.74 Å². The van der Waals surface area contributed by atoms with Gasteiger partial charge < -0.3 is 10.1 Å². The van der Waals surface area contributed by atoms with Crippen LogP contribution in [0, 0.1) is 5.92 Å². The molecule has 1 heterocycles. The molecule has 17 heavy (non-hydrogen) atoms. The summed E-state index contributed by atoms with van der Waals surface area (Å²) in [4.78, 5) is 0. The Kier molecular flexibility index (Phi) is 4.74. The van der Waals surface area contributed by atoms with Crippen LogP contribution < -0.4 is 10.1 Å². The number of rotatable bonds is 5. The number of aromatic nitrogens is 2. The molecule has 0 amide bonds. The third-order valence-corrected chi connectivity index (χ3v) is 3.37. The maximum Gasteiger partial charge on any atom is 0.233 e. The summed E-state index contributed by atoms with van der Waals surface area (Å²) in [6.07, 6.45) is 6.96. The third-order valence-electron chi connectivity index (χ3n) is 3.37. The first-order chi connectivity index (χ1) is 8.38. The Morgan fingerprint density at radius 1 is 1.24 bits per heavy atom. The van der Waals surface area contributed by atoms with Gasteiger partial charge in [0.15, 0.2) is 0 Å². The zero-order valence-corrected chi connectivity index (χ0v) is 10.5. The molecule has 4 nitrogen and oxygen atoms in total. The number of nitrogens with zero attached hydrogens (tertiary/aromatic N) is 2. The minimum absolute atomic E-state index is 0.570. The molecule has 2 rings (SSSR count). The molecule has 0 aromatic carbocycles. The average Bonchev–Trinajstić information content (AvgIpc) is 2.41. The van der Waals surface area contributed by atoms with E-state index in [0.29, 0.717) is 5.88 Å². The van der Waals surface area contributed by atoms with Crippen molar-refractivity contribution in [1.29, 1.82) is 0 Å². The molecule has 0 aliphatic heterocycles. The summed E-state index contributed by atoms with van der Waals surface area (Å²) in [7, 11) is 1.60. The summed E-state index contributed by atoms with van der Waals surface area (Å²) >= 11 is 0. The van der Waals surface area contributed by atoms with E-state index in [1.165, 1.54) is 32.1 Å². The van der Waals surface area contributed by atoms with E-state index in [1.54, 1.807) is 7.11 Å². The van der Waals surface area contributed by atoms with Crippen LogP contribution in [0.1, 0.15) is 37.8 Å². The zero-order valence-electron chi connectivity index (χ0n) is 10.5. The van der Waals surface area contributed by atoms with E-state index in [2.05, 4.69) is 15.5 Å². The van der Waals surface area contributed by atoms with Crippen LogP contribution in [0.2, 0.25) is 0 Å². The standard InChI is InChI=1S/C13H21N3O/c1-17-13-8-7-12(15-16-13)10-14-9-11-5-3-2-4-6-11/h7-8,11,14H,2-6,9-10H2,1H3. The number of hydrogen-bond donors (Lipinski definition) is 1. The maximum absolute atomic E-state index is 4.97. The van der Waals surface area contributed by atoms with Crippen LogP contribution in [0.4, 0.5) is 0 Å². The Bertz CT molecular complexity index is 320. The van der Waals surface area contributed by atoms with E-state index < -0.39 is 0 Å². The lowest BCUT2D eigenvalue weighted by Gasteiger charge is -2.21. The molecule has 0 unspecified atom stereocenters. The van der Waals surface area contributed by atoms with E-state index in [-0.39, 0.29) is 0 Å². The van der Waals surface area contributed by atoms with Gasteiger partial charge in [-0.15, -0.1) is 5.10 Å². The first-order valence-corrected chi connectivity index (χ1v) is 6.46. The first kappa shape index (κ1) is 12.3. The Hall–Kier alpha value is -1.16. The van der Waals surface area contributed by atoms with Crippen molar-refractivity contribution in [2.45, 2.75) is 38.6 Å². The van der Waals surface area contributed by atoms with Crippen molar-refractivity contribution in [3.05, 3.63) is 17.8 Å². The van der Waals surface area contributed by atoms with Crippen LogP contribution in [-0.4, -0.2) is 23.9 Å². The topological polar surface area (TPSA) is 47.0 Å². The molecule has 0 saturated heterocycles. The smallest absolute Gasteiger partial charge is 0.233 e. The molecule has 1 aliphatic rings. The average molecular weight is 235 g/mol. The predicted molar refractivity (Wildman–Crippen MR) is 66.9 cm³/mol. The fraction of sp³-hybridized carbons (Fsp3) is 0.692. The van der Waals surface area contributed by atoms with Crippen LogP contribution in [-0.2, 0) is 6.54 Å². The molecule has 0 bridgehead atoms. The number of methoxy groups -OCH3 is 1. The molecule has 1 aromatic rings. The Morgan fingerprint density at radius 2 is 2.06 bits per heavy atom. The third kappa shape index (κ3) is 3.97. The summed E-state index contributed by atoms with van der Waals surface area (Å²) < 4.78 is 4.97. The lowest BCUT2D eigenvalue weighted by Crippen LogP contribution is -2.24. The van der Waals surface area contributed by atoms with Gasteiger partial charge in [0, 0.05) is 12.6 Å². The second-order valence-electron chi connectivity index (χ2n) is 4.70. The number of nitrogens with one attached hydrogen (secondary N) is 1. The Labute approximate surface area is 103 Å². The van der Waals surface area contributed by atoms with Crippen LogP contribution in [0.3, 0.4) is 0 Å². The normalized spacial score (nSPS) is 17.0. The molecular formula is C13H21N3O. The van der Waals surface area contributed by atoms with E-state index in [0.717, 1.165) is 24.7 Å². The quantitative estimate of drug-likeness (QED) is 0.849. The Balaban J connectivity index is 1.69. The van der Waals surface area contributed by atoms with E-state index in [9.17, 15) is 0 Å². The van der Waals surface area contributed by atoms with Crippen molar-refractivity contribution in [3.63, 3.8) is 0 Å². The Morgan fingerprint density at radius 3 is 2.71 bits per heavy atom. The first-order valence-electron chi connectivity index (χ1n) is 6.46. The van der Waals surface area contributed by atoms with E-state index >= 15 is 0 Å². The van der Waals surface area contributed by atoms with Gasteiger partial charge in [-0.05, 0) is 31.4 Å². The van der Waals surface area contributed by atoms with Crippen molar-refractivity contribution in [2.75, 3.05) is 13.7 Å². The second kappa shape index (κ2) is 6.55. The van der Waals surface area contributed by atoms with Crippen molar-refractivity contribution in [1.82, 2.24) is 15.5 Å². The van der Waals surface area contributed by atoms with Gasteiger partial charge in [-0.2, -0.15) is 5.10 Å². The minimum atomic E-state index is 0.570. The molecular weight excluding hydrogens is 214 g/mol. The fourth-order valence-corrected chi connectivity index (χ4v) is 2.35. The molecule has 1 aliphatic carbocycles. The zero-order chi connectivity index (χ0) is 11.9. The van der Waals surface area contributed by atoms with Gasteiger partial charge >= 0.3 is 0 Å². The van der Waals surface area contributed by atoms with Gasteiger partial charge in [0.25, 0.3) is 0 Å². The molecule has 1 fully saturated rings. The minimum Gasteiger partial charge on any atom is -0.480 e. The highest BCUT2D eigenvalue weighted by Gasteiger charge is 2.12. The molecule has 1 saturated carbocycles. The van der Waals surface area contributed by atoms with Gasteiger partial charge in [-0.25, -0.2) is 0 Å². The predicted octanol–water partition coefficient (Wildman–Crippen LogP) is 2.16. The summed E-state index contributed by atoms with van der Waals surface area (Å²) in [5.74, 6) is 1.43. The SMILES string of the molecule is COc1ccc(CNCC2CCCCC2)nn1. The molecule has 0 atom stereocenters. The van der Waals surface area contributed by atoms with Gasteiger partial charge in [-0.3, -0.25) is 0 Å². The molecule has 0 spiro atoms. The van der Waals surface area contributed by atoms with Crippen molar-refractivity contribution in [2.24, 2.45) is 5.92 Å². The fourth-order valence-electron chi connectivity index (χ4n) is 2.35. The van der Waals surface area contributed by atoms with Gasteiger partial charge in [0.2, 0.25) is 5.88 Å². The molecule has 1 N–H and O–H groups in total. The van der Waals surface area contributed by atoms with Gasteiger partial charge in [0.1, 0.15) is 0 Å². The summed E-state index contributed by atoms with van der Waals surface area (Å²) in [5, 5.41) is 11.5. The van der Waals surface area contributed by atoms with Gasteiger partial charge in [0.05, 0.1) is 12.8 Å². The maximum atomic E-state index is 4.97. The monoisotopic (exact) mass is 235 g/mol. The highest BCUT2D eigenvalue weighted by Crippen LogP contribution is 2.22.